The van der Waals surface area contributed by atoms with E-state index < -0.39 is 5.54 Å². The van der Waals surface area contributed by atoms with Crippen LogP contribution in [0.4, 0.5) is 11.4 Å². The molecule has 26 heavy (non-hydrogen) atoms. The lowest BCUT2D eigenvalue weighted by Crippen LogP contribution is -2.60. The Hall–Kier alpha value is -2.08. The van der Waals surface area contributed by atoms with Crippen molar-refractivity contribution < 1.29 is 9.59 Å². The van der Waals surface area contributed by atoms with Crippen LogP contribution in [0.15, 0.2) is 24.3 Å². The van der Waals surface area contributed by atoms with E-state index in [1.165, 1.54) is 12.8 Å². The van der Waals surface area contributed by atoms with Crippen molar-refractivity contribution in [2.45, 2.75) is 50.1 Å². The second-order valence-corrected chi connectivity index (χ2v) is 7.88. The molecule has 2 fully saturated rings. The first-order chi connectivity index (χ1) is 12.6. The number of likely N-dealkylation sites (N-methyl/N-ethyl adjacent to an activating group) is 1. The molecule has 3 aliphatic heterocycles. The number of likely N-dealkylation sites (tertiary alicyclic amines) is 2. The fourth-order valence-corrected chi connectivity index (χ4v) is 4.49. The van der Waals surface area contributed by atoms with Crippen molar-refractivity contribution in [2.75, 3.05) is 37.3 Å². The normalized spacial score (nSPS) is 25.8. The van der Waals surface area contributed by atoms with Gasteiger partial charge in [-0.1, -0.05) is 25.0 Å². The van der Waals surface area contributed by atoms with Crippen LogP contribution in [0, 0.1) is 0 Å². The molecule has 4 rings (SSSR count). The van der Waals surface area contributed by atoms with Crippen molar-refractivity contribution in [1.82, 2.24) is 9.80 Å². The quantitative estimate of drug-likeness (QED) is 0.810. The summed E-state index contributed by atoms with van der Waals surface area (Å²) in [5.41, 5.74) is 1.21. The number of amides is 2. The predicted molar refractivity (Wildman–Crippen MR) is 102 cm³/mol. The number of para-hydroxylation sites is 2. The lowest BCUT2D eigenvalue weighted by molar-refractivity contribution is -0.139. The maximum Gasteiger partial charge on any atom is 0.250 e. The molecule has 2 N–H and O–H groups in total. The van der Waals surface area contributed by atoms with Gasteiger partial charge in [-0.25, -0.2) is 0 Å². The minimum absolute atomic E-state index is 0.000387. The molecule has 3 heterocycles. The van der Waals surface area contributed by atoms with E-state index in [0.717, 1.165) is 30.8 Å². The number of carbonyl (C=O) groups excluding carboxylic acids is 2. The van der Waals surface area contributed by atoms with E-state index in [-0.39, 0.29) is 17.9 Å². The zero-order valence-electron chi connectivity index (χ0n) is 15.5. The van der Waals surface area contributed by atoms with Crippen LogP contribution in [0.1, 0.15) is 38.5 Å². The van der Waals surface area contributed by atoms with Crippen molar-refractivity contribution in [1.29, 1.82) is 0 Å². The topological polar surface area (TPSA) is 64.7 Å². The van der Waals surface area contributed by atoms with E-state index >= 15 is 0 Å². The molecule has 6 heteroatoms. The van der Waals surface area contributed by atoms with Crippen LogP contribution in [0.2, 0.25) is 0 Å². The number of carbonyl (C=O) groups is 2. The maximum atomic E-state index is 13.0. The summed E-state index contributed by atoms with van der Waals surface area (Å²) in [6.45, 7) is 2.26. The molecule has 3 aliphatic rings. The molecule has 140 valence electrons. The molecule has 1 aromatic carbocycles. The third-order valence-electron chi connectivity index (χ3n) is 6.22. The molecule has 0 aliphatic carbocycles. The molecule has 0 aromatic heterocycles. The SMILES string of the molecule is CN1CCCCC[C@@H]1C(=O)N1CCC2(CC1)Nc1ccccc1NC2=O. The first-order valence-electron chi connectivity index (χ1n) is 9.77. The Bertz CT molecular complexity index is 697. The van der Waals surface area contributed by atoms with E-state index in [1.807, 2.05) is 29.2 Å². The Morgan fingerprint density at radius 2 is 1.81 bits per heavy atom. The molecule has 6 nitrogen and oxygen atoms in total. The number of piperidine rings is 1. The molecule has 0 unspecified atom stereocenters. The summed E-state index contributed by atoms with van der Waals surface area (Å²) >= 11 is 0. The van der Waals surface area contributed by atoms with Gasteiger partial charge in [-0.3, -0.25) is 14.5 Å². The van der Waals surface area contributed by atoms with Gasteiger partial charge >= 0.3 is 0 Å². The molecule has 1 atom stereocenters. The lowest BCUT2D eigenvalue weighted by atomic mass is 9.84. The number of benzene rings is 1. The van der Waals surface area contributed by atoms with Crippen LogP contribution in [0.25, 0.3) is 0 Å². The van der Waals surface area contributed by atoms with Gasteiger partial charge < -0.3 is 15.5 Å². The molecular weight excluding hydrogens is 328 g/mol. The van der Waals surface area contributed by atoms with Crippen molar-refractivity contribution >= 4 is 23.2 Å². The number of rotatable bonds is 1. The van der Waals surface area contributed by atoms with Crippen LogP contribution in [-0.2, 0) is 9.59 Å². The van der Waals surface area contributed by atoms with Crippen molar-refractivity contribution in [3.05, 3.63) is 24.3 Å². The summed E-state index contributed by atoms with van der Waals surface area (Å²) in [4.78, 5) is 29.9. The zero-order valence-corrected chi connectivity index (χ0v) is 15.5. The van der Waals surface area contributed by atoms with E-state index in [2.05, 4.69) is 22.6 Å². The van der Waals surface area contributed by atoms with E-state index in [9.17, 15) is 9.59 Å². The van der Waals surface area contributed by atoms with Crippen LogP contribution in [0.3, 0.4) is 0 Å². The predicted octanol–water partition coefficient (Wildman–Crippen LogP) is 2.29. The van der Waals surface area contributed by atoms with Crippen molar-refractivity contribution in [3.8, 4) is 0 Å². The largest absolute Gasteiger partial charge is 0.369 e. The van der Waals surface area contributed by atoms with E-state index in [0.29, 0.717) is 25.9 Å². The van der Waals surface area contributed by atoms with Crippen LogP contribution in [0.5, 0.6) is 0 Å². The second kappa shape index (κ2) is 6.91. The standard InChI is InChI=1S/C20H28N4O2/c1-23-12-6-2-3-9-17(23)18(25)24-13-10-20(11-14-24)19(26)21-15-7-4-5-8-16(15)22-20/h4-5,7-8,17,22H,2-3,6,9-14H2,1H3,(H,21,26)/t17-/m1/s1. The molecular formula is C20H28N4O2. The minimum atomic E-state index is -0.597. The number of hydrogen-bond donors (Lipinski definition) is 2. The van der Waals surface area contributed by atoms with Crippen LogP contribution in [-0.4, -0.2) is 59.9 Å². The highest BCUT2D eigenvalue weighted by atomic mass is 16.2. The third kappa shape index (κ3) is 3.07. The number of nitrogens with zero attached hydrogens (tertiary/aromatic N) is 2. The molecule has 0 saturated carbocycles. The first-order valence-corrected chi connectivity index (χ1v) is 9.77. The third-order valence-corrected chi connectivity index (χ3v) is 6.22. The lowest BCUT2D eigenvalue weighted by Gasteiger charge is -2.45. The summed E-state index contributed by atoms with van der Waals surface area (Å²) in [7, 11) is 2.06. The Morgan fingerprint density at radius 1 is 1.08 bits per heavy atom. The van der Waals surface area contributed by atoms with Gasteiger partial charge in [0.2, 0.25) is 11.8 Å². The molecule has 2 amide bonds. The van der Waals surface area contributed by atoms with Crippen LogP contribution >= 0.6 is 0 Å². The summed E-state index contributed by atoms with van der Waals surface area (Å²) in [5, 5.41) is 6.49. The van der Waals surface area contributed by atoms with Gasteiger partial charge in [0.05, 0.1) is 17.4 Å². The van der Waals surface area contributed by atoms with Crippen LogP contribution < -0.4 is 10.6 Å². The Kier molecular flexibility index (Phi) is 4.61. The highest BCUT2D eigenvalue weighted by Crippen LogP contribution is 2.36. The van der Waals surface area contributed by atoms with Gasteiger partial charge in [-0.15, -0.1) is 0 Å². The van der Waals surface area contributed by atoms with Gasteiger partial charge in [-0.2, -0.15) is 0 Å². The number of nitrogens with one attached hydrogen (secondary N) is 2. The van der Waals surface area contributed by atoms with Crippen molar-refractivity contribution in [3.63, 3.8) is 0 Å². The van der Waals surface area contributed by atoms with Gasteiger partial charge in [-0.05, 0) is 51.4 Å². The average molecular weight is 356 g/mol. The number of fused-ring (bicyclic) bond motifs is 1. The summed E-state index contributed by atoms with van der Waals surface area (Å²) in [6, 6.07) is 7.80. The van der Waals surface area contributed by atoms with E-state index in [1.54, 1.807) is 0 Å². The van der Waals surface area contributed by atoms with Crippen molar-refractivity contribution in [2.24, 2.45) is 0 Å². The Labute approximate surface area is 154 Å². The Morgan fingerprint density at radius 3 is 2.58 bits per heavy atom. The van der Waals surface area contributed by atoms with Gasteiger partial charge in [0.25, 0.3) is 0 Å². The molecule has 0 bridgehead atoms. The summed E-state index contributed by atoms with van der Waals surface area (Å²) in [6.07, 6.45) is 5.75. The molecule has 2 saturated heterocycles. The smallest absolute Gasteiger partial charge is 0.250 e. The number of hydrogen-bond acceptors (Lipinski definition) is 4. The van der Waals surface area contributed by atoms with Gasteiger partial charge in [0, 0.05) is 13.1 Å². The first kappa shape index (κ1) is 17.3. The fourth-order valence-electron chi connectivity index (χ4n) is 4.49. The fraction of sp³-hybridized carbons (Fsp3) is 0.600. The summed E-state index contributed by atoms with van der Waals surface area (Å²) in [5.74, 6) is 0.260. The maximum absolute atomic E-state index is 13.0. The molecule has 1 aromatic rings. The highest BCUT2D eigenvalue weighted by molar-refractivity contribution is 6.06. The summed E-state index contributed by atoms with van der Waals surface area (Å²) < 4.78 is 0. The molecule has 0 radical (unpaired) electrons. The molecule has 1 spiro atoms. The zero-order chi connectivity index (χ0) is 18.1. The number of anilines is 2. The minimum Gasteiger partial charge on any atom is -0.369 e. The monoisotopic (exact) mass is 356 g/mol. The second-order valence-electron chi connectivity index (χ2n) is 7.88. The van der Waals surface area contributed by atoms with Gasteiger partial charge in [0.15, 0.2) is 0 Å². The Balaban J connectivity index is 1.44. The van der Waals surface area contributed by atoms with E-state index in [4.69, 9.17) is 0 Å². The highest BCUT2D eigenvalue weighted by Gasteiger charge is 2.45. The van der Waals surface area contributed by atoms with Gasteiger partial charge in [0.1, 0.15) is 5.54 Å². The average Bonchev–Trinajstić information content (AvgIpc) is 2.87.